The van der Waals surface area contributed by atoms with Crippen LogP contribution in [0.15, 0.2) is 29.2 Å². The number of hydrogen-bond acceptors (Lipinski definition) is 7. The lowest BCUT2D eigenvalue weighted by molar-refractivity contribution is -0.141. The van der Waals surface area contributed by atoms with Crippen LogP contribution in [0.4, 0.5) is 0 Å². The zero-order chi connectivity index (χ0) is 22.0. The number of benzene rings is 1. The number of sulfonamides is 1. The highest BCUT2D eigenvalue weighted by atomic mass is 32.2. The number of carbonyl (C=O) groups excluding carboxylic acids is 2. The van der Waals surface area contributed by atoms with E-state index in [1.54, 1.807) is 6.92 Å². The van der Waals surface area contributed by atoms with Gasteiger partial charge >= 0.3 is 5.97 Å². The predicted octanol–water partition coefficient (Wildman–Crippen LogP) is 0.518. The third kappa shape index (κ3) is 5.34. The summed E-state index contributed by atoms with van der Waals surface area (Å²) in [5.41, 5.74) is -0.000863. The van der Waals surface area contributed by atoms with Gasteiger partial charge in [0.25, 0.3) is 5.91 Å². The molecule has 0 bridgehead atoms. The van der Waals surface area contributed by atoms with Gasteiger partial charge < -0.3 is 9.64 Å². The van der Waals surface area contributed by atoms with Gasteiger partial charge in [0.2, 0.25) is 10.0 Å². The Morgan fingerprint density at radius 2 is 1.93 bits per heavy atom. The van der Waals surface area contributed by atoms with E-state index in [0.29, 0.717) is 6.42 Å². The molecule has 1 aliphatic heterocycles. The summed E-state index contributed by atoms with van der Waals surface area (Å²) in [6.07, 6.45) is -0.785. The first-order chi connectivity index (χ1) is 13.4. The number of nitrogens with zero attached hydrogens (tertiary/aromatic N) is 2. The fourth-order valence-electron chi connectivity index (χ4n) is 3.12. The maximum Gasteiger partial charge on any atom is 0.338 e. The van der Waals surface area contributed by atoms with Crippen LogP contribution < -0.4 is 0 Å². The number of amides is 1. The normalized spacial score (nSPS) is 19.7. The molecule has 2 rings (SSSR count). The van der Waals surface area contributed by atoms with Crippen molar-refractivity contribution in [3.63, 3.8) is 0 Å². The predicted molar refractivity (Wildman–Crippen MR) is 107 cm³/mol. The molecule has 0 aromatic heterocycles. The van der Waals surface area contributed by atoms with Gasteiger partial charge in [0, 0.05) is 26.7 Å². The third-order valence-electron chi connectivity index (χ3n) is 4.75. The fraction of sp³-hybridized carbons (Fsp3) is 0.556. The minimum absolute atomic E-state index is 0.000863. The lowest BCUT2D eigenvalue weighted by Gasteiger charge is -2.29. The second-order valence-electron chi connectivity index (χ2n) is 7.04. The molecule has 1 aliphatic rings. The van der Waals surface area contributed by atoms with E-state index in [1.807, 2.05) is 0 Å². The van der Waals surface area contributed by atoms with Gasteiger partial charge in [0.1, 0.15) is 0 Å². The zero-order valence-electron chi connectivity index (χ0n) is 16.9. The number of carbonyl (C=O) groups is 2. The van der Waals surface area contributed by atoms with Crippen LogP contribution in [0.3, 0.4) is 0 Å². The van der Waals surface area contributed by atoms with Crippen molar-refractivity contribution in [1.82, 2.24) is 9.21 Å². The van der Waals surface area contributed by atoms with E-state index >= 15 is 0 Å². The van der Waals surface area contributed by atoms with E-state index in [1.165, 1.54) is 50.2 Å². The van der Waals surface area contributed by atoms with Gasteiger partial charge in [-0.1, -0.05) is 6.07 Å². The van der Waals surface area contributed by atoms with Gasteiger partial charge in [0.15, 0.2) is 15.9 Å². The van der Waals surface area contributed by atoms with Crippen molar-refractivity contribution < 1.29 is 31.2 Å². The SMILES string of the molecule is CCN(C(=O)[C@@H](C)OC(=O)c1cccc(S(=O)(=O)N(C)C)c1)[C@H]1CCS(=O)(=O)C1. The number of ether oxygens (including phenoxy) is 1. The van der Waals surface area contributed by atoms with Gasteiger partial charge in [-0.2, -0.15) is 0 Å². The summed E-state index contributed by atoms with van der Waals surface area (Å²) in [6, 6.07) is 4.93. The van der Waals surface area contributed by atoms with Crippen LogP contribution in [0.2, 0.25) is 0 Å². The van der Waals surface area contributed by atoms with Crippen molar-refractivity contribution in [2.75, 3.05) is 32.1 Å². The molecule has 1 heterocycles. The highest BCUT2D eigenvalue weighted by Crippen LogP contribution is 2.20. The number of sulfone groups is 1. The van der Waals surface area contributed by atoms with E-state index in [-0.39, 0.29) is 28.5 Å². The number of rotatable bonds is 7. The fourth-order valence-corrected chi connectivity index (χ4v) is 5.80. The summed E-state index contributed by atoms with van der Waals surface area (Å²) in [5.74, 6) is -1.39. The third-order valence-corrected chi connectivity index (χ3v) is 8.31. The molecule has 162 valence electrons. The second-order valence-corrected chi connectivity index (χ2v) is 11.4. The van der Waals surface area contributed by atoms with Crippen molar-refractivity contribution in [1.29, 1.82) is 0 Å². The van der Waals surface area contributed by atoms with Crippen LogP contribution in [0, 0.1) is 0 Å². The topological polar surface area (TPSA) is 118 Å². The van der Waals surface area contributed by atoms with Crippen LogP contribution in [0.5, 0.6) is 0 Å². The van der Waals surface area contributed by atoms with E-state index < -0.39 is 43.9 Å². The van der Waals surface area contributed by atoms with Crippen LogP contribution >= 0.6 is 0 Å². The summed E-state index contributed by atoms with van der Waals surface area (Å²) >= 11 is 0. The van der Waals surface area contributed by atoms with Crippen molar-refractivity contribution in [3.05, 3.63) is 29.8 Å². The standard InChI is InChI=1S/C18H26N2O7S2/c1-5-20(15-9-10-28(23,24)12-15)17(21)13(2)27-18(22)14-7-6-8-16(11-14)29(25,26)19(3)4/h6-8,11,13,15H,5,9-10,12H2,1-4H3/t13-,15+/m1/s1. The minimum Gasteiger partial charge on any atom is -0.449 e. The molecule has 1 aromatic rings. The average molecular weight is 447 g/mol. The molecule has 11 heteroatoms. The van der Waals surface area contributed by atoms with E-state index in [4.69, 9.17) is 4.74 Å². The van der Waals surface area contributed by atoms with Crippen LogP contribution in [-0.4, -0.2) is 82.2 Å². The Kier molecular flexibility index (Phi) is 7.07. The Bertz CT molecular complexity index is 987. The summed E-state index contributed by atoms with van der Waals surface area (Å²) in [5, 5.41) is 0. The van der Waals surface area contributed by atoms with Crippen LogP contribution in [0.25, 0.3) is 0 Å². The quantitative estimate of drug-likeness (QED) is 0.560. The second kappa shape index (κ2) is 8.80. The highest BCUT2D eigenvalue weighted by Gasteiger charge is 2.36. The molecule has 29 heavy (non-hydrogen) atoms. The summed E-state index contributed by atoms with van der Waals surface area (Å²) in [6.45, 7) is 3.43. The Balaban J connectivity index is 2.13. The lowest BCUT2D eigenvalue weighted by Crippen LogP contribution is -2.46. The molecule has 1 fully saturated rings. The van der Waals surface area contributed by atoms with E-state index in [9.17, 15) is 26.4 Å². The van der Waals surface area contributed by atoms with Gasteiger partial charge in [0.05, 0.1) is 22.0 Å². The van der Waals surface area contributed by atoms with Crippen LogP contribution in [-0.2, 0) is 29.4 Å². The largest absolute Gasteiger partial charge is 0.449 e. The Labute approximate surface area is 171 Å². The maximum absolute atomic E-state index is 12.7. The Morgan fingerprint density at radius 1 is 1.28 bits per heavy atom. The monoisotopic (exact) mass is 446 g/mol. The molecule has 1 amide bonds. The molecule has 0 spiro atoms. The molecule has 0 unspecified atom stereocenters. The number of hydrogen-bond donors (Lipinski definition) is 0. The first-order valence-electron chi connectivity index (χ1n) is 9.13. The number of likely N-dealkylation sites (N-methyl/N-ethyl adjacent to an activating group) is 1. The lowest BCUT2D eigenvalue weighted by atomic mass is 10.2. The van der Waals surface area contributed by atoms with Gasteiger partial charge in [-0.15, -0.1) is 0 Å². The van der Waals surface area contributed by atoms with Crippen molar-refractivity contribution in [2.24, 2.45) is 0 Å². The van der Waals surface area contributed by atoms with Gasteiger partial charge in [-0.25, -0.2) is 25.9 Å². The number of esters is 1. The summed E-state index contributed by atoms with van der Waals surface area (Å²) in [4.78, 5) is 26.5. The van der Waals surface area contributed by atoms with Gasteiger partial charge in [-0.3, -0.25) is 4.79 Å². The Morgan fingerprint density at radius 3 is 2.45 bits per heavy atom. The average Bonchev–Trinajstić information content (AvgIpc) is 3.01. The van der Waals surface area contributed by atoms with Crippen molar-refractivity contribution in [2.45, 2.75) is 37.3 Å². The van der Waals surface area contributed by atoms with E-state index in [2.05, 4.69) is 0 Å². The van der Waals surface area contributed by atoms with E-state index in [0.717, 1.165) is 4.31 Å². The molecule has 0 saturated carbocycles. The molecule has 0 N–H and O–H groups in total. The van der Waals surface area contributed by atoms with Gasteiger partial charge in [-0.05, 0) is 38.5 Å². The van der Waals surface area contributed by atoms with Crippen molar-refractivity contribution in [3.8, 4) is 0 Å². The minimum atomic E-state index is -3.72. The molecule has 0 aliphatic carbocycles. The maximum atomic E-state index is 12.7. The summed E-state index contributed by atoms with van der Waals surface area (Å²) in [7, 11) is -4.13. The first-order valence-corrected chi connectivity index (χ1v) is 12.4. The molecule has 1 saturated heterocycles. The molecular weight excluding hydrogens is 420 g/mol. The molecule has 9 nitrogen and oxygen atoms in total. The zero-order valence-corrected chi connectivity index (χ0v) is 18.5. The van der Waals surface area contributed by atoms with Crippen LogP contribution in [0.1, 0.15) is 30.6 Å². The molecular formula is C18H26N2O7S2. The Hall–Kier alpha value is -1.98. The first kappa shape index (κ1) is 23.3. The molecule has 2 atom stereocenters. The summed E-state index contributed by atoms with van der Waals surface area (Å²) < 4.78 is 54.1. The van der Waals surface area contributed by atoms with Crippen molar-refractivity contribution >= 4 is 31.7 Å². The molecule has 1 aromatic carbocycles. The smallest absolute Gasteiger partial charge is 0.338 e. The highest BCUT2D eigenvalue weighted by molar-refractivity contribution is 7.91. The molecule has 0 radical (unpaired) electrons.